The number of benzene rings is 1. The van der Waals surface area contributed by atoms with Crippen molar-refractivity contribution in [3.8, 4) is 0 Å². The summed E-state index contributed by atoms with van der Waals surface area (Å²) in [5.74, 6) is -0.499. The van der Waals surface area contributed by atoms with E-state index in [1.807, 2.05) is 6.07 Å². The number of esters is 1. The fraction of sp³-hybridized carbons (Fsp3) is 0.231. The van der Waals surface area contributed by atoms with Crippen LogP contribution in [-0.2, 0) is 14.3 Å². The Bertz CT molecular complexity index is 391. The first-order valence-corrected chi connectivity index (χ1v) is 5.06. The third-order valence-electron chi connectivity index (χ3n) is 1.86. The van der Waals surface area contributed by atoms with E-state index in [1.54, 1.807) is 38.1 Å². The topological polar surface area (TPSA) is 43.4 Å². The van der Waals surface area contributed by atoms with Crippen LogP contribution in [0.25, 0.3) is 5.57 Å². The molecular weight excluding hydrogens is 204 g/mol. The van der Waals surface area contributed by atoms with Crippen LogP contribution in [0, 0.1) is 0 Å². The fourth-order valence-corrected chi connectivity index (χ4v) is 1.21. The molecule has 0 N–H and O–H groups in total. The molecular formula is C13H14O3. The van der Waals surface area contributed by atoms with E-state index in [-0.39, 0.29) is 6.10 Å². The van der Waals surface area contributed by atoms with Crippen molar-refractivity contribution < 1.29 is 14.3 Å². The maximum atomic E-state index is 11.3. The summed E-state index contributed by atoms with van der Waals surface area (Å²) in [5, 5.41) is 0. The Morgan fingerprint density at radius 2 is 1.88 bits per heavy atom. The third-order valence-corrected chi connectivity index (χ3v) is 1.86. The fourth-order valence-electron chi connectivity index (χ4n) is 1.21. The average molecular weight is 218 g/mol. The van der Waals surface area contributed by atoms with E-state index >= 15 is 0 Å². The van der Waals surface area contributed by atoms with E-state index < -0.39 is 5.97 Å². The van der Waals surface area contributed by atoms with Crippen LogP contribution in [0.15, 0.2) is 36.4 Å². The van der Waals surface area contributed by atoms with Crippen LogP contribution < -0.4 is 0 Å². The summed E-state index contributed by atoms with van der Waals surface area (Å²) in [6, 6.07) is 8.99. The van der Waals surface area contributed by atoms with Crippen LogP contribution in [0.1, 0.15) is 19.4 Å². The summed E-state index contributed by atoms with van der Waals surface area (Å²) in [5.41, 5.74) is 1.03. The van der Waals surface area contributed by atoms with Gasteiger partial charge in [-0.25, -0.2) is 4.79 Å². The molecule has 3 nitrogen and oxygen atoms in total. The van der Waals surface area contributed by atoms with Gasteiger partial charge in [0, 0.05) is 11.6 Å². The number of carbonyl (C=O) groups excluding carboxylic acids is 2. The lowest BCUT2D eigenvalue weighted by atomic mass is 10.1. The Hall–Kier alpha value is -1.90. The van der Waals surface area contributed by atoms with Crippen molar-refractivity contribution in [3.63, 3.8) is 0 Å². The van der Waals surface area contributed by atoms with Crippen molar-refractivity contribution in [2.24, 2.45) is 0 Å². The minimum Gasteiger partial charge on any atom is -0.460 e. The average Bonchev–Trinajstić information content (AvgIpc) is 2.26. The summed E-state index contributed by atoms with van der Waals surface area (Å²) in [4.78, 5) is 22.2. The predicted octanol–water partition coefficient (Wildman–Crippen LogP) is 2.22. The Morgan fingerprint density at radius 3 is 2.38 bits per heavy atom. The quantitative estimate of drug-likeness (QED) is 0.442. The lowest BCUT2D eigenvalue weighted by Crippen LogP contribution is -2.09. The van der Waals surface area contributed by atoms with Gasteiger partial charge in [0.2, 0.25) is 0 Å². The normalized spacial score (nSPS) is 11.3. The largest absolute Gasteiger partial charge is 0.460 e. The molecule has 0 heterocycles. The summed E-state index contributed by atoms with van der Waals surface area (Å²) in [6.07, 6.45) is 1.67. The minimum absolute atomic E-state index is 0.188. The highest BCUT2D eigenvalue weighted by atomic mass is 16.5. The molecule has 0 atom stereocenters. The Labute approximate surface area is 94.7 Å². The molecule has 1 aromatic rings. The number of aldehydes is 1. The zero-order chi connectivity index (χ0) is 12.0. The third kappa shape index (κ3) is 3.69. The second kappa shape index (κ2) is 5.85. The van der Waals surface area contributed by atoms with Gasteiger partial charge in [-0.15, -0.1) is 0 Å². The van der Waals surface area contributed by atoms with E-state index in [2.05, 4.69) is 0 Å². The number of hydrogen-bond acceptors (Lipinski definition) is 3. The van der Waals surface area contributed by atoms with Gasteiger partial charge in [-0.1, -0.05) is 30.3 Å². The highest BCUT2D eigenvalue weighted by molar-refractivity contribution is 6.12. The molecule has 0 saturated carbocycles. The van der Waals surface area contributed by atoms with Gasteiger partial charge in [0.1, 0.15) is 0 Å². The summed E-state index contributed by atoms with van der Waals surface area (Å²) >= 11 is 0. The zero-order valence-electron chi connectivity index (χ0n) is 9.34. The van der Waals surface area contributed by atoms with Crippen molar-refractivity contribution in [2.75, 3.05) is 0 Å². The standard InChI is InChI=1S/C13H14O3/c1-10(2)16-13(15)8-12(9-14)11-6-4-3-5-7-11/h3-10H,1-2H3/b12-8-. The smallest absolute Gasteiger partial charge is 0.331 e. The minimum atomic E-state index is -0.499. The number of hydrogen-bond donors (Lipinski definition) is 0. The van der Waals surface area contributed by atoms with E-state index in [1.165, 1.54) is 6.08 Å². The van der Waals surface area contributed by atoms with Crippen LogP contribution >= 0.6 is 0 Å². The molecule has 0 saturated heterocycles. The highest BCUT2D eigenvalue weighted by Gasteiger charge is 2.06. The van der Waals surface area contributed by atoms with E-state index in [0.29, 0.717) is 17.4 Å². The summed E-state index contributed by atoms with van der Waals surface area (Å²) < 4.78 is 4.93. The van der Waals surface area contributed by atoms with Gasteiger partial charge in [0.05, 0.1) is 6.10 Å². The molecule has 1 aromatic carbocycles. The van der Waals surface area contributed by atoms with Crippen molar-refractivity contribution in [1.29, 1.82) is 0 Å². The molecule has 1 rings (SSSR count). The first-order chi connectivity index (χ1) is 7.63. The molecule has 0 spiro atoms. The van der Waals surface area contributed by atoms with Gasteiger partial charge in [-0.05, 0) is 19.4 Å². The van der Waals surface area contributed by atoms with Crippen LogP contribution in [0.2, 0.25) is 0 Å². The second-order valence-electron chi connectivity index (χ2n) is 3.57. The van der Waals surface area contributed by atoms with E-state index in [4.69, 9.17) is 4.74 Å². The molecule has 0 fully saturated rings. The van der Waals surface area contributed by atoms with Crippen LogP contribution in [0.5, 0.6) is 0 Å². The van der Waals surface area contributed by atoms with E-state index in [0.717, 1.165) is 0 Å². The Morgan fingerprint density at radius 1 is 1.25 bits per heavy atom. The number of allylic oxidation sites excluding steroid dienone is 1. The predicted molar refractivity (Wildman–Crippen MR) is 61.7 cm³/mol. The molecule has 0 aromatic heterocycles. The Balaban J connectivity index is 2.87. The molecule has 0 aliphatic carbocycles. The second-order valence-corrected chi connectivity index (χ2v) is 3.57. The maximum Gasteiger partial charge on any atom is 0.331 e. The molecule has 16 heavy (non-hydrogen) atoms. The van der Waals surface area contributed by atoms with Gasteiger partial charge in [0.25, 0.3) is 0 Å². The lowest BCUT2D eigenvalue weighted by Gasteiger charge is -2.05. The number of ether oxygens (including phenoxy) is 1. The molecule has 3 heteroatoms. The first kappa shape index (κ1) is 12.2. The summed E-state index contributed by atoms with van der Waals surface area (Å²) in [7, 11) is 0. The van der Waals surface area contributed by atoms with Gasteiger partial charge < -0.3 is 4.74 Å². The molecule has 0 unspecified atom stereocenters. The SMILES string of the molecule is CC(C)OC(=O)/C=C(/C=O)c1ccccc1. The molecule has 0 radical (unpaired) electrons. The number of carbonyl (C=O) groups is 2. The maximum absolute atomic E-state index is 11.3. The van der Waals surface area contributed by atoms with Gasteiger partial charge in [0.15, 0.2) is 6.29 Å². The highest BCUT2D eigenvalue weighted by Crippen LogP contribution is 2.11. The van der Waals surface area contributed by atoms with Gasteiger partial charge >= 0.3 is 5.97 Å². The summed E-state index contributed by atoms with van der Waals surface area (Å²) in [6.45, 7) is 3.52. The van der Waals surface area contributed by atoms with E-state index in [9.17, 15) is 9.59 Å². The monoisotopic (exact) mass is 218 g/mol. The zero-order valence-corrected chi connectivity index (χ0v) is 9.34. The van der Waals surface area contributed by atoms with Crippen molar-refractivity contribution in [2.45, 2.75) is 20.0 Å². The van der Waals surface area contributed by atoms with Gasteiger partial charge in [-0.2, -0.15) is 0 Å². The van der Waals surface area contributed by atoms with Crippen molar-refractivity contribution in [3.05, 3.63) is 42.0 Å². The van der Waals surface area contributed by atoms with Crippen LogP contribution in [-0.4, -0.2) is 18.4 Å². The van der Waals surface area contributed by atoms with Crippen LogP contribution in [0.3, 0.4) is 0 Å². The number of rotatable bonds is 4. The molecule has 0 amide bonds. The Kier molecular flexibility index (Phi) is 4.45. The molecule has 0 aliphatic heterocycles. The van der Waals surface area contributed by atoms with Crippen molar-refractivity contribution in [1.82, 2.24) is 0 Å². The lowest BCUT2D eigenvalue weighted by molar-refractivity contribution is -0.141. The van der Waals surface area contributed by atoms with Crippen LogP contribution in [0.4, 0.5) is 0 Å². The van der Waals surface area contributed by atoms with Crippen molar-refractivity contribution >= 4 is 17.8 Å². The molecule has 84 valence electrons. The molecule has 0 bridgehead atoms. The first-order valence-electron chi connectivity index (χ1n) is 5.06. The molecule has 0 aliphatic rings. The van der Waals surface area contributed by atoms with Gasteiger partial charge in [-0.3, -0.25) is 4.79 Å².